The molecule has 2 N–H and O–H groups in total. The highest BCUT2D eigenvalue weighted by Crippen LogP contribution is 2.24. The molecule has 31 heavy (non-hydrogen) atoms. The van der Waals surface area contributed by atoms with Gasteiger partial charge >= 0.3 is 0 Å². The van der Waals surface area contributed by atoms with E-state index in [-0.39, 0.29) is 6.04 Å². The highest BCUT2D eigenvalue weighted by Gasteiger charge is 2.24. The molecule has 2 aromatic heterocycles. The van der Waals surface area contributed by atoms with E-state index in [9.17, 15) is 0 Å². The first-order valence-electron chi connectivity index (χ1n) is 11.1. The van der Waals surface area contributed by atoms with E-state index in [0.717, 1.165) is 37.9 Å². The molecule has 7 nitrogen and oxygen atoms in total. The molecular formula is C24H32N6O. The topological polar surface area (TPSA) is 70.6 Å². The molecule has 3 heterocycles. The third-order valence-electron chi connectivity index (χ3n) is 5.85. The van der Waals surface area contributed by atoms with Crippen molar-refractivity contribution in [1.82, 2.24) is 25.3 Å². The lowest BCUT2D eigenvalue weighted by Gasteiger charge is -2.33. The van der Waals surface area contributed by atoms with Crippen molar-refractivity contribution in [1.29, 1.82) is 0 Å². The number of guanidine groups is 1. The molecule has 3 aromatic rings. The Bertz CT molecular complexity index is 929. The van der Waals surface area contributed by atoms with Crippen LogP contribution in [-0.4, -0.2) is 47.3 Å². The number of furan rings is 1. The van der Waals surface area contributed by atoms with Crippen LogP contribution in [0.1, 0.15) is 42.2 Å². The summed E-state index contributed by atoms with van der Waals surface area (Å²) in [6.45, 7) is 4.43. The number of hydrogen-bond donors (Lipinski definition) is 2. The number of piperidine rings is 1. The number of benzene rings is 1. The number of nitrogens with zero attached hydrogens (tertiary/aromatic N) is 4. The first-order chi connectivity index (χ1) is 15.3. The number of hydrogen-bond acceptors (Lipinski definition) is 4. The van der Waals surface area contributed by atoms with Crippen LogP contribution >= 0.6 is 0 Å². The van der Waals surface area contributed by atoms with Gasteiger partial charge in [0.1, 0.15) is 5.76 Å². The van der Waals surface area contributed by atoms with Crippen LogP contribution in [0, 0.1) is 0 Å². The Balaban J connectivity index is 1.36. The van der Waals surface area contributed by atoms with E-state index in [0.29, 0.717) is 6.54 Å². The van der Waals surface area contributed by atoms with Crippen molar-refractivity contribution in [2.75, 3.05) is 26.7 Å². The van der Waals surface area contributed by atoms with E-state index in [1.165, 1.54) is 30.4 Å². The van der Waals surface area contributed by atoms with Crippen LogP contribution < -0.4 is 10.6 Å². The van der Waals surface area contributed by atoms with Crippen molar-refractivity contribution < 1.29 is 4.42 Å². The van der Waals surface area contributed by atoms with Gasteiger partial charge in [-0.2, -0.15) is 5.10 Å². The van der Waals surface area contributed by atoms with Gasteiger partial charge in [-0.1, -0.05) is 30.7 Å². The highest BCUT2D eigenvalue weighted by molar-refractivity contribution is 5.79. The molecule has 4 rings (SSSR count). The molecule has 1 saturated heterocycles. The van der Waals surface area contributed by atoms with Gasteiger partial charge in [-0.05, 0) is 55.3 Å². The Morgan fingerprint density at radius 1 is 1.06 bits per heavy atom. The Morgan fingerprint density at radius 3 is 2.61 bits per heavy atom. The van der Waals surface area contributed by atoms with Crippen molar-refractivity contribution in [3.05, 3.63) is 78.0 Å². The minimum absolute atomic E-state index is 0.209. The van der Waals surface area contributed by atoms with Gasteiger partial charge < -0.3 is 15.1 Å². The van der Waals surface area contributed by atoms with E-state index >= 15 is 0 Å². The average Bonchev–Trinajstić information content (AvgIpc) is 3.52. The summed E-state index contributed by atoms with van der Waals surface area (Å²) < 4.78 is 7.70. The van der Waals surface area contributed by atoms with Gasteiger partial charge in [0.25, 0.3) is 0 Å². The van der Waals surface area contributed by atoms with Crippen LogP contribution in [-0.2, 0) is 13.1 Å². The van der Waals surface area contributed by atoms with Gasteiger partial charge in [0.2, 0.25) is 0 Å². The monoisotopic (exact) mass is 420 g/mol. The quantitative estimate of drug-likeness (QED) is 0.432. The third kappa shape index (κ3) is 5.76. The molecule has 1 aromatic carbocycles. The maximum absolute atomic E-state index is 5.76. The highest BCUT2D eigenvalue weighted by atomic mass is 16.3. The van der Waals surface area contributed by atoms with Crippen LogP contribution in [0.4, 0.5) is 0 Å². The SMILES string of the molecule is CN=C(NCc1ccccc1Cn1cccn1)NCC(c1ccco1)N1CCCCC1. The second kappa shape index (κ2) is 10.8. The summed E-state index contributed by atoms with van der Waals surface area (Å²) in [5.41, 5.74) is 2.48. The molecule has 7 heteroatoms. The van der Waals surface area contributed by atoms with Crippen LogP contribution in [0.2, 0.25) is 0 Å². The Labute approximate surface area is 184 Å². The maximum Gasteiger partial charge on any atom is 0.191 e. The lowest BCUT2D eigenvalue weighted by Crippen LogP contribution is -2.44. The van der Waals surface area contributed by atoms with E-state index in [2.05, 4.69) is 56.0 Å². The van der Waals surface area contributed by atoms with E-state index in [1.807, 2.05) is 36.3 Å². The van der Waals surface area contributed by atoms with Crippen LogP contribution in [0.25, 0.3) is 0 Å². The summed E-state index contributed by atoms with van der Waals surface area (Å²) in [4.78, 5) is 6.95. The second-order valence-electron chi connectivity index (χ2n) is 7.91. The second-order valence-corrected chi connectivity index (χ2v) is 7.91. The molecule has 1 aliphatic heterocycles. The number of nitrogens with one attached hydrogen (secondary N) is 2. The molecular weight excluding hydrogens is 388 g/mol. The first-order valence-corrected chi connectivity index (χ1v) is 11.1. The molecule has 1 atom stereocenters. The Kier molecular flexibility index (Phi) is 7.39. The van der Waals surface area contributed by atoms with Gasteiger partial charge in [-0.15, -0.1) is 0 Å². The average molecular weight is 421 g/mol. The third-order valence-corrected chi connectivity index (χ3v) is 5.85. The Morgan fingerprint density at radius 2 is 1.90 bits per heavy atom. The van der Waals surface area contributed by atoms with Crippen molar-refractivity contribution in [3.63, 3.8) is 0 Å². The molecule has 1 unspecified atom stereocenters. The van der Waals surface area contributed by atoms with Crippen LogP contribution in [0.15, 0.2) is 70.5 Å². The summed E-state index contributed by atoms with van der Waals surface area (Å²) in [5, 5.41) is 11.3. The standard InChI is InChI=1S/C24H32N6O/c1-25-24(26-17-20-9-3-4-10-21(20)19-30-15-8-12-28-30)27-18-22(23-11-7-16-31-23)29-13-5-2-6-14-29/h3-4,7-12,15-16,22H,2,5-6,13-14,17-19H2,1H3,(H2,25,26,27). The summed E-state index contributed by atoms with van der Waals surface area (Å²) in [6, 6.07) is 14.6. The zero-order chi connectivity index (χ0) is 21.3. The van der Waals surface area contributed by atoms with Crippen molar-refractivity contribution in [2.45, 2.75) is 38.4 Å². The summed E-state index contributed by atoms with van der Waals surface area (Å²) in [6.07, 6.45) is 9.37. The maximum atomic E-state index is 5.76. The molecule has 0 amide bonds. The normalized spacial score (nSPS) is 16.2. The van der Waals surface area contributed by atoms with Gasteiger partial charge in [0.15, 0.2) is 5.96 Å². The van der Waals surface area contributed by atoms with Crippen molar-refractivity contribution in [2.24, 2.45) is 4.99 Å². The van der Waals surface area contributed by atoms with E-state index in [4.69, 9.17) is 4.42 Å². The Hall–Kier alpha value is -3.06. The van der Waals surface area contributed by atoms with Crippen molar-refractivity contribution >= 4 is 5.96 Å². The summed E-state index contributed by atoms with van der Waals surface area (Å²) in [7, 11) is 1.81. The van der Waals surface area contributed by atoms with Gasteiger partial charge in [0, 0.05) is 32.5 Å². The molecule has 0 spiro atoms. The molecule has 0 radical (unpaired) electrons. The fourth-order valence-corrected chi connectivity index (χ4v) is 4.17. The number of likely N-dealkylation sites (tertiary alicyclic amines) is 1. The zero-order valence-electron chi connectivity index (χ0n) is 18.2. The van der Waals surface area contributed by atoms with Crippen LogP contribution in [0.3, 0.4) is 0 Å². The van der Waals surface area contributed by atoms with Crippen molar-refractivity contribution in [3.8, 4) is 0 Å². The molecule has 164 valence electrons. The fraction of sp³-hybridized carbons (Fsp3) is 0.417. The summed E-state index contributed by atoms with van der Waals surface area (Å²) >= 11 is 0. The minimum atomic E-state index is 0.209. The zero-order valence-corrected chi connectivity index (χ0v) is 18.2. The van der Waals surface area contributed by atoms with E-state index < -0.39 is 0 Å². The first kappa shape index (κ1) is 21.2. The van der Waals surface area contributed by atoms with E-state index in [1.54, 1.807) is 6.26 Å². The molecule has 1 aliphatic rings. The fourth-order valence-electron chi connectivity index (χ4n) is 4.17. The number of aromatic nitrogens is 2. The lowest BCUT2D eigenvalue weighted by molar-refractivity contribution is 0.146. The predicted molar refractivity (Wildman–Crippen MR) is 123 cm³/mol. The number of rotatable bonds is 8. The molecule has 1 fully saturated rings. The minimum Gasteiger partial charge on any atom is -0.468 e. The van der Waals surface area contributed by atoms with Crippen LogP contribution in [0.5, 0.6) is 0 Å². The number of aliphatic imine (C=N–C) groups is 1. The predicted octanol–water partition coefficient (Wildman–Crippen LogP) is 3.42. The molecule has 0 saturated carbocycles. The smallest absolute Gasteiger partial charge is 0.191 e. The van der Waals surface area contributed by atoms with Gasteiger partial charge in [-0.3, -0.25) is 14.6 Å². The lowest BCUT2D eigenvalue weighted by atomic mass is 10.1. The van der Waals surface area contributed by atoms with Gasteiger partial charge in [-0.25, -0.2) is 0 Å². The largest absolute Gasteiger partial charge is 0.468 e. The van der Waals surface area contributed by atoms with Gasteiger partial charge in [0.05, 0.1) is 18.8 Å². The molecule has 0 aliphatic carbocycles. The summed E-state index contributed by atoms with van der Waals surface area (Å²) in [5.74, 6) is 1.80. The molecule has 0 bridgehead atoms.